The van der Waals surface area contributed by atoms with Crippen molar-refractivity contribution in [1.29, 1.82) is 0 Å². The van der Waals surface area contributed by atoms with Gasteiger partial charge in [0.2, 0.25) is 5.88 Å². The molecule has 0 bridgehead atoms. The molecule has 0 spiro atoms. The maximum atomic E-state index is 14.7. The molecular formula is C16H21F2N3O2. The van der Waals surface area contributed by atoms with Gasteiger partial charge in [0, 0.05) is 44.8 Å². The van der Waals surface area contributed by atoms with Crippen LogP contribution in [0.3, 0.4) is 0 Å². The molecule has 1 N–H and O–H groups in total. The SMILES string of the molecule is O=C(N1CCC(Oc2ccc(F)cn2)CC1)C1(F)CCNCC1. The van der Waals surface area contributed by atoms with Gasteiger partial charge in [-0.2, -0.15) is 0 Å². The summed E-state index contributed by atoms with van der Waals surface area (Å²) in [6, 6.07) is 2.78. The number of rotatable bonds is 3. The molecular weight excluding hydrogens is 304 g/mol. The molecule has 3 heterocycles. The van der Waals surface area contributed by atoms with E-state index >= 15 is 0 Å². The second-order valence-corrected chi connectivity index (χ2v) is 6.14. The van der Waals surface area contributed by atoms with Crippen molar-refractivity contribution in [1.82, 2.24) is 15.2 Å². The lowest BCUT2D eigenvalue weighted by Crippen LogP contribution is -2.54. The van der Waals surface area contributed by atoms with Gasteiger partial charge in [-0.15, -0.1) is 0 Å². The van der Waals surface area contributed by atoms with Gasteiger partial charge in [0.05, 0.1) is 6.20 Å². The summed E-state index contributed by atoms with van der Waals surface area (Å²) in [5.41, 5.74) is -1.72. The zero-order valence-electron chi connectivity index (χ0n) is 12.9. The average molecular weight is 325 g/mol. The predicted octanol–water partition coefficient (Wildman–Crippen LogP) is 1.68. The highest BCUT2D eigenvalue weighted by molar-refractivity contribution is 5.85. The molecule has 2 fully saturated rings. The van der Waals surface area contributed by atoms with E-state index in [1.54, 1.807) is 4.90 Å². The van der Waals surface area contributed by atoms with Crippen molar-refractivity contribution in [3.63, 3.8) is 0 Å². The number of likely N-dealkylation sites (tertiary alicyclic amines) is 1. The van der Waals surface area contributed by atoms with Crippen molar-refractivity contribution in [2.45, 2.75) is 37.5 Å². The number of hydrogen-bond donors (Lipinski definition) is 1. The monoisotopic (exact) mass is 325 g/mol. The first-order valence-corrected chi connectivity index (χ1v) is 8.04. The van der Waals surface area contributed by atoms with Crippen LogP contribution >= 0.6 is 0 Å². The average Bonchev–Trinajstić information content (AvgIpc) is 2.58. The summed E-state index contributed by atoms with van der Waals surface area (Å²) in [6.07, 6.45) is 2.75. The van der Waals surface area contributed by atoms with E-state index in [9.17, 15) is 13.6 Å². The Labute approximate surface area is 134 Å². The van der Waals surface area contributed by atoms with Gasteiger partial charge in [-0.3, -0.25) is 4.79 Å². The second-order valence-electron chi connectivity index (χ2n) is 6.14. The largest absolute Gasteiger partial charge is 0.474 e. The van der Waals surface area contributed by atoms with Crippen LogP contribution in [0.2, 0.25) is 0 Å². The number of nitrogens with zero attached hydrogens (tertiary/aromatic N) is 2. The molecule has 5 nitrogen and oxygen atoms in total. The van der Waals surface area contributed by atoms with E-state index in [0.29, 0.717) is 44.9 Å². The van der Waals surface area contributed by atoms with Crippen molar-refractivity contribution in [2.75, 3.05) is 26.2 Å². The smallest absolute Gasteiger partial charge is 0.260 e. The van der Waals surface area contributed by atoms with E-state index in [0.717, 1.165) is 6.20 Å². The molecule has 0 atom stereocenters. The van der Waals surface area contributed by atoms with Crippen molar-refractivity contribution in [3.8, 4) is 5.88 Å². The zero-order chi connectivity index (χ0) is 16.3. The molecule has 2 aliphatic heterocycles. The molecule has 1 amide bonds. The van der Waals surface area contributed by atoms with E-state index in [1.807, 2.05) is 0 Å². The number of carbonyl (C=O) groups excluding carboxylic acids is 1. The molecule has 3 rings (SSSR count). The van der Waals surface area contributed by atoms with Crippen LogP contribution < -0.4 is 10.1 Å². The highest BCUT2D eigenvalue weighted by Gasteiger charge is 2.43. The normalized spacial score (nSPS) is 21.9. The van der Waals surface area contributed by atoms with Gasteiger partial charge in [0.15, 0.2) is 5.67 Å². The van der Waals surface area contributed by atoms with Crippen LogP contribution in [-0.2, 0) is 4.79 Å². The first-order chi connectivity index (χ1) is 11.1. The first-order valence-electron chi connectivity index (χ1n) is 8.04. The summed E-state index contributed by atoms with van der Waals surface area (Å²) in [4.78, 5) is 17.9. The lowest BCUT2D eigenvalue weighted by molar-refractivity contribution is -0.147. The van der Waals surface area contributed by atoms with Crippen LogP contribution in [0.1, 0.15) is 25.7 Å². The third-order valence-electron chi connectivity index (χ3n) is 4.50. The van der Waals surface area contributed by atoms with Crippen molar-refractivity contribution >= 4 is 5.91 Å². The molecule has 2 aliphatic rings. The number of amides is 1. The zero-order valence-corrected chi connectivity index (χ0v) is 12.9. The Hall–Kier alpha value is -1.76. The Bertz CT molecular complexity index is 539. The van der Waals surface area contributed by atoms with Crippen LogP contribution in [0, 0.1) is 5.82 Å². The standard InChI is InChI=1S/C16H21F2N3O2/c17-12-1-2-14(20-11-12)23-13-3-9-21(10-4-13)15(22)16(18)5-7-19-8-6-16/h1-2,11,13,19H,3-10H2. The number of aromatic nitrogens is 1. The molecule has 0 aromatic carbocycles. The minimum absolute atomic E-state index is 0.0828. The van der Waals surface area contributed by atoms with Crippen LogP contribution in [-0.4, -0.2) is 53.7 Å². The number of nitrogens with one attached hydrogen (secondary N) is 1. The summed E-state index contributed by atoms with van der Waals surface area (Å²) < 4.78 is 33.2. The van der Waals surface area contributed by atoms with Gasteiger partial charge in [-0.25, -0.2) is 13.8 Å². The number of ether oxygens (including phenoxy) is 1. The topological polar surface area (TPSA) is 54.5 Å². The van der Waals surface area contributed by atoms with Gasteiger partial charge in [0.1, 0.15) is 11.9 Å². The Kier molecular flexibility index (Phi) is 4.75. The van der Waals surface area contributed by atoms with Gasteiger partial charge >= 0.3 is 0 Å². The fraction of sp³-hybridized carbons (Fsp3) is 0.625. The Balaban J connectivity index is 1.51. The maximum absolute atomic E-state index is 14.7. The van der Waals surface area contributed by atoms with Crippen LogP contribution in [0.5, 0.6) is 5.88 Å². The summed E-state index contributed by atoms with van der Waals surface area (Å²) in [7, 11) is 0. The fourth-order valence-electron chi connectivity index (χ4n) is 3.10. The number of hydrogen-bond acceptors (Lipinski definition) is 4. The molecule has 7 heteroatoms. The number of halogens is 2. The van der Waals surface area contributed by atoms with E-state index in [-0.39, 0.29) is 18.9 Å². The Morgan fingerprint density at radius 2 is 2.00 bits per heavy atom. The van der Waals surface area contributed by atoms with E-state index in [2.05, 4.69) is 10.3 Å². The molecule has 23 heavy (non-hydrogen) atoms. The molecule has 2 saturated heterocycles. The molecule has 0 radical (unpaired) electrons. The molecule has 0 aliphatic carbocycles. The Morgan fingerprint density at radius 1 is 1.30 bits per heavy atom. The van der Waals surface area contributed by atoms with E-state index in [4.69, 9.17) is 4.74 Å². The summed E-state index contributed by atoms with van der Waals surface area (Å²) in [5, 5.41) is 3.07. The van der Waals surface area contributed by atoms with Crippen molar-refractivity contribution in [3.05, 3.63) is 24.1 Å². The molecule has 1 aromatic heterocycles. The lowest BCUT2D eigenvalue weighted by atomic mass is 9.92. The molecule has 1 aromatic rings. The number of alkyl halides is 1. The van der Waals surface area contributed by atoms with Gasteiger partial charge in [-0.05, 0) is 19.2 Å². The van der Waals surface area contributed by atoms with Crippen molar-refractivity contribution < 1.29 is 18.3 Å². The summed E-state index contributed by atoms with van der Waals surface area (Å²) in [6.45, 7) is 2.03. The number of piperidine rings is 2. The third kappa shape index (κ3) is 3.77. The lowest BCUT2D eigenvalue weighted by Gasteiger charge is -2.37. The number of carbonyl (C=O) groups is 1. The van der Waals surface area contributed by atoms with Gasteiger partial charge in [0.25, 0.3) is 5.91 Å². The van der Waals surface area contributed by atoms with Gasteiger partial charge < -0.3 is 15.0 Å². The highest BCUT2D eigenvalue weighted by Crippen LogP contribution is 2.28. The molecule has 0 saturated carbocycles. The summed E-state index contributed by atoms with van der Waals surface area (Å²) in [5.74, 6) is -0.429. The number of pyridine rings is 1. The van der Waals surface area contributed by atoms with Crippen LogP contribution in [0.15, 0.2) is 18.3 Å². The second kappa shape index (κ2) is 6.78. The fourth-order valence-corrected chi connectivity index (χ4v) is 3.10. The summed E-state index contributed by atoms with van der Waals surface area (Å²) >= 11 is 0. The predicted molar refractivity (Wildman–Crippen MR) is 80.4 cm³/mol. The highest BCUT2D eigenvalue weighted by atomic mass is 19.1. The first kappa shape index (κ1) is 16.1. The minimum atomic E-state index is -1.72. The maximum Gasteiger partial charge on any atom is 0.260 e. The van der Waals surface area contributed by atoms with Crippen LogP contribution in [0.4, 0.5) is 8.78 Å². The van der Waals surface area contributed by atoms with Crippen LogP contribution in [0.25, 0.3) is 0 Å². The van der Waals surface area contributed by atoms with Crippen molar-refractivity contribution in [2.24, 2.45) is 0 Å². The molecule has 126 valence electrons. The quantitative estimate of drug-likeness (QED) is 0.919. The Morgan fingerprint density at radius 3 is 2.61 bits per heavy atom. The minimum Gasteiger partial charge on any atom is -0.474 e. The van der Waals surface area contributed by atoms with E-state index in [1.165, 1.54) is 12.1 Å². The van der Waals surface area contributed by atoms with E-state index < -0.39 is 17.4 Å². The van der Waals surface area contributed by atoms with Gasteiger partial charge in [-0.1, -0.05) is 0 Å². The molecule has 0 unspecified atom stereocenters. The third-order valence-corrected chi connectivity index (χ3v) is 4.50.